The molecule has 0 aliphatic carbocycles. The molecule has 0 amide bonds. The fourth-order valence-electron chi connectivity index (χ4n) is 0.824. The summed E-state index contributed by atoms with van der Waals surface area (Å²) in [4.78, 5) is 20.1. The van der Waals surface area contributed by atoms with Crippen molar-refractivity contribution < 1.29 is 50.4 Å². The van der Waals surface area contributed by atoms with E-state index >= 15 is 0 Å². The molecule has 8 N–H and O–H groups in total. The molecule has 10 heteroatoms. The third-order valence-electron chi connectivity index (χ3n) is 2.11. The van der Waals surface area contributed by atoms with Crippen molar-refractivity contribution in [2.75, 3.05) is 19.8 Å². The SMILES string of the molecule is O=C(CO)[C@H](O)[C@H](O)CO.O=C[C@H](O)[C@H](O)[C@H](O)CO. The van der Waals surface area contributed by atoms with Crippen LogP contribution >= 0.6 is 0 Å². The summed E-state index contributed by atoms with van der Waals surface area (Å²) in [5, 5.41) is 67.7. The van der Waals surface area contributed by atoms with Gasteiger partial charge in [-0.25, -0.2) is 0 Å². The van der Waals surface area contributed by atoms with Crippen LogP contribution in [0, 0.1) is 0 Å². The number of Topliss-reactive ketones (excluding diaryl/α,β-unsaturated/α-hetero) is 1. The van der Waals surface area contributed by atoms with Crippen LogP contribution in [0.15, 0.2) is 0 Å². The van der Waals surface area contributed by atoms with Gasteiger partial charge in [-0.05, 0) is 0 Å². The lowest BCUT2D eigenvalue weighted by Crippen LogP contribution is -2.40. The van der Waals surface area contributed by atoms with Crippen LogP contribution in [0.2, 0.25) is 0 Å². The van der Waals surface area contributed by atoms with Crippen LogP contribution in [0.5, 0.6) is 0 Å². The van der Waals surface area contributed by atoms with Gasteiger partial charge in [-0.3, -0.25) is 4.79 Å². The second-order valence-corrected chi connectivity index (χ2v) is 3.69. The molecule has 0 saturated carbocycles. The molecule has 0 aromatic rings. The minimum absolute atomic E-state index is 0.0869. The van der Waals surface area contributed by atoms with Crippen LogP contribution < -0.4 is 0 Å². The maximum Gasteiger partial charge on any atom is 0.189 e. The summed E-state index contributed by atoms with van der Waals surface area (Å²) >= 11 is 0. The summed E-state index contributed by atoms with van der Waals surface area (Å²) in [5.41, 5.74) is 0. The van der Waals surface area contributed by atoms with Gasteiger partial charge < -0.3 is 45.6 Å². The maximum absolute atomic E-state index is 10.3. The topological polar surface area (TPSA) is 196 Å². The van der Waals surface area contributed by atoms with Gasteiger partial charge in [-0.1, -0.05) is 0 Å². The first-order valence-corrected chi connectivity index (χ1v) is 5.47. The van der Waals surface area contributed by atoms with Crippen LogP contribution in [0.1, 0.15) is 0 Å². The highest BCUT2D eigenvalue weighted by Gasteiger charge is 2.23. The first-order chi connectivity index (χ1) is 9.26. The molecule has 0 radical (unpaired) electrons. The van der Waals surface area contributed by atoms with Gasteiger partial charge in [0.1, 0.15) is 37.1 Å². The van der Waals surface area contributed by atoms with Gasteiger partial charge >= 0.3 is 0 Å². The van der Waals surface area contributed by atoms with Gasteiger partial charge in [0.05, 0.1) is 13.2 Å². The standard InChI is InChI=1S/2C5H10O5/c2*6-1-3(8)5(10)4(9)2-7/h3,5-8,10H,1-2H2;1,3-5,7-10H,2H2/t3-,5-;3-,4+,5-/m10/s1. The van der Waals surface area contributed by atoms with Crippen LogP contribution in [-0.4, -0.2) is 103 Å². The van der Waals surface area contributed by atoms with Gasteiger partial charge in [0.25, 0.3) is 0 Å². The van der Waals surface area contributed by atoms with E-state index in [1.165, 1.54) is 0 Å². The monoisotopic (exact) mass is 300 g/mol. The zero-order valence-corrected chi connectivity index (χ0v) is 10.5. The number of carbonyl (C=O) groups excluding carboxylic acids is 2. The Labute approximate surface area is 114 Å². The number of hydrogen-bond donors (Lipinski definition) is 8. The third kappa shape index (κ3) is 8.24. The largest absolute Gasteiger partial charge is 0.394 e. The van der Waals surface area contributed by atoms with E-state index in [-0.39, 0.29) is 6.29 Å². The summed E-state index contributed by atoms with van der Waals surface area (Å²) in [6.07, 6.45) is -7.82. The van der Waals surface area contributed by atoms with E-state index in [0.717, 1.165) is 0 Å². The van der Waals surface area contributed by atoms with Crippen molar-refractivity contribution in [3.05, 3.63) is 0 Å². The number of aldehydes is 1. The Hall–Kier alpha value is -0.980. The second-order valence-electron chi connectivity index (χ2n) is 3.69. The predicted octanol–water partition coefficient (Wildman–Crippen LogP) is -5.48. The molecular weight excluding hydrogens is 280 g/mol. The fourth-order valence-corrected chi connectivity index (χ4v) is 0.824. The molecule has 10 nitrogen and oxygen atoms in total. The zero-order chi connectivity index (χ0) is 16.3. The summed E-state index contributed by atoms with van der Waals surface area (Å²) in [7, 11) is 0. The molecule has 0 aliphatic heterocycles. The van der Waals surface area contributed by atoms with Crippen molar-refractivity contribution >= 4 is 12.1 Å². The van der Waals surface area contributed by atoms with E-state index in [1.54, 1.807) is 0 Å². The van der Waals surface area contributed by atoms with Crippen LogP contribution in [-0.2, 0) is 9.59 Å². The summed E-state index contributed by atoms with van der Waals surface area (Å²) in [6.45, 7) is -2.23. The number of ketones is 1. The normalized spacial score (nSPS) is 18.0. The Morgan fingerprint density at radius 2 is 1.35 bits per heavy atom. The third-order valence-corrected chi connectivity index (χ3v) is 2.11. The molecular formula is C10H20O10. The lowest BCUT2D eigenvalue weighted by atomic mass is 10.1. The average Bonchev–Trinajstić information content (AvgIpc) is 2.50. The Kier molecular flexibility index (Phi) is 12.6. The Morgan fingerprint density at radius 1 is 0.900 bits per heavy atom. The van der Waals surface area contributed by atoms with Crippen LogP contribution in [0.25, 0.3) is 0 Å². The van der Waals surface area contributed by atoms with Crippen LogP contribution in [0.3, 0.4) is 0 Å². The van der Waals surface area contributed by atoms with E-state index in [2.05, 4.69) is 0 Å². The molecule has 0 saturated heterocycles. The number of carbonyl (C=O) groups is 2. The van der Waals surface area contributed by atoms with Crippen molar-refractivity contribution in [3.63, 3.8) is 0 Å². The van der Waals surface area contributed by atoms with Crippen molar-refractivity contribution in [1.29, 1.82) is 0 Å². The molecule has 0 aromatic carbocycles. The summed E-state index contributed by atoms with van der Waals surface area (Å²) in [6, 6.07) is 0. The molecule has 5 atom stereocenters. The predicted molar refractivity (Wildman–Crippen MR) is 62.4 cm³/mol. The Balaban J connectivity index is 0. The van der Waals surface area contributed by atoms with E-state index < -0.39 is 56.1 Å². The Morgan fingerprint density at radius 3 is 1.65 bits per heavy atom. The molecule has 0 heterocycles. The maximum atomic E-state index is 10.3. The van der Waals surface area contributed by atoms with Gasteiger partial charge in [0.2, 0.25) is 0 Å². The van der Waals surface area contributed by atoms with Crippen molar-refractivity contribution in [2.24, 2.45) is 0 Å². The lowest BCUT2D eigenvalue weighted by Gasteiger charge is -2.16. The molecule has 0 bridgehead atoms. The van der Waals surface area contributed by atoms with E-state index in [0.29, 0.717) is 0 Å². The summed E-state index contributed by atoms with van der Waals surface area (Å²) < 4.78 is 0. The highest BCUT2D eigenvalue weighted by Crippen LogP contribution is 1.96. The lowest BCUT2D eigenvalue weighted by molar-refractivity contribution is -0.137. The van der Waals surface area contributed by atoms with E-state index in [9.17, 15) is 9.59 Å². The summed E-state index contributed by atoms with van der Waals surface area (Å²) in [5.74, 6) is -0.901. The van der Waals surface area contributed by atoms with Gasteiger partial charge in [-0.15, -0.1) is 0 Å². The van der Waals surface area contributed by atoms with Gasteiger partial charge in [0.15, 0.2) is 12.1 Å². The minimum Gasteiger partial charge on any atom is -0.394 e. The number of hydrogen-bond acceptors (Lipinski definition) is 10. The van der Waals surface area contributed by atoms with E-state index in [1.807, 2.05) is 0 Å². The second kappa shape index (κ2) is 11.8. The molecule has 0 aromatic heterocycles. The van der Waals surface area contributed by atoms with Crippen molar-refractivity contribution in [3.8, 4) is 0 Å². The molecule has 0 unspecified atom stereocenters. The van der Waals surface area contributed by atoms with Crippen molar-refractivity contribution in [1.82, 2.24) is 0 Å². The minimum atomic E-state index is -1.69. The first-order valence-electron chi connectivity index (χ1n) is 5.47. The quantitative estimate of drug-likeness (QED) is 0.200. The average molecular weight is 300 g/mol. The van der Waals surface area contributed by atoms with E-state index in [4.69, 9.17) is 40.9 Å². The van der Waals surface area contributed by atoms with Gasteiger partial charge in [-0.2, -0.15) is 0 Å². The molecule has 20 heavy (non-hydrogen) atoms. The van der Waals surface area contributed by atoms with Crippen LogP contribution in [0.4, 0.5) is 0 Å². The molecule has 0 rings (SSSR count). The first kappa shape index (κ1) is 21.3. The number of aliphatic hydroxyl groups is 8. The molecule has 0 aliphatic rings. The van der Waals surface area contributed by atoms with Gasteiger partial charge in [0, 0.05) is 0 Å². The highest BCUT2D eigenvalue weighted by atomic mass is 16.4. The Bertz CT molecular complexity index is 271. The highest BCUT2D eigenvalue weighted by molar-refractivity contribution is 5.84. The van der Waals surface area contributed by atoms with Crippen molar-refractivity contribution in [2.45, 2.75) is 30.5 Å². The zero-order valence-electron chi connectivity index (χ0n) is 10.5. The number of rotatable bonds is 8. The number of aliphatic hydroxyl groups excluding tert-OH is 8. The fraction of sp³-hybridized carbons (Fsp3) is 0.800. The molecule has 120 valence electrons. The smallest absolute Gasteiger partial charge is 0.189 e. The molecule has 0 fully saturated rings. The molecule has 0 spiro atoms.